The predicted octanol–water partition coefficient (Wildman–Crippen LogP) is 3.56. The molecule has 0 aliphatic heterocycles. The largest absolute Gasteiger partial charge is 0.426 e. The molecular formula is C17H13NO3S. The monoisotopic (exact) mass is 311 g/mol. The summed E-state index contributed by atoms with van der Waals surface area (Å²) in [5.41, 5.74) is 1.43. The summed E-state index contributed by atoms with van der Waals surface area (Å²) in [7, 11) is 0. The van der Waals surface area contributed by atoms with Crippen LogP contribution >= 0.6 is 11.3 Å². The van der Waals surface area contributed by atoms with E-state index >= 15 is 0 Å². The van der Waals surface area contributed by atoms with Crippen molar-refractivity contribution in [2.75, 3.05) is 0 Å². The van der Waals surface area contributed by atoms with Crippen LogP contribution in [0.1, 0.15) is 12.5 Å². The number of nitrogens with zero attached hydrogens (tertiary/aromatic N) is 1. The average molecular weight is 311 g/mol. The Kier molecular flexibility index (Phi) is 3.73. The van der Waals surface area contributed by atoms with Gasteiger partial charge in [0.2, 0.25) is 0 Å². The fourth-order valence-electron chi connectivity index (χ4n) is 2.19. The molecule has 0 unspecified atom stereocenters. The van der Waals surface area contributed by atoms with Crippen molar-refractivity contribution in [1.82, 2.24) is 4.98 Å². The van der Waals surface area contributed by atoms with Crippen molar-refractivity contribution >= 4 is 27.4 Å². The number of carbonyl (C=O) groups excluding carboxylic acids is 1. The van der Waals surface area contributed by atoms with Gasteiger partial charge >= 0.3 is 5.97 Å². The molecule has 0 saturated carbocycles. The van der Waals surface area contributed by atoms with Crippen LogP contribution in [0.25, 0.3) is 20.7 Å². The third kappa shape index (κ3) is 2.76. The maximum Gasteiger partial charge on any atom is 0.308 e. The van der Waals surface area contributed by atoms with E-state index in [1.807, 2.05) is 31.2 Å². The number of aryl methyl sites for hydroxylation is 1. The number of benzene rings is 2. The molecule has 0 radical (unpaired) electrons. The van der Waals surface area contributed by atoms with E-state index in [1.165, 1.54) is 18.3 Å². The van der Waals surface area contributed by atoms with E-state index in [0.29, 0.717) is 16.1 Å². The van der Waals surface area contributed by atoms with E-state index < -0.39 is 0 Å². The molecule has 3 aromatic rings. The van der Waals surface area contributed by atoms with Crippen LogP contribution in [0.5, 0.6) is 5.75 Å². The third-order valence-corrected chi connectivity index (χ3v) is 4.30. The van der Waals surface area contributed by atoms with Gasteiger partial charge in [-0.3, -0.25) is 9.59 Å². The maximum atomic E-state index is 12.1. The van der Waals surface area contributed by atoms with Gasteiger partial charge in [-0.2, -0.15) is 4.98 Å². The van der Waals surface area contributed by atoms with Crippen LogP contribution in [0.4, 0.5) is 0 Å². The molecule has 0 spiro atoms. The second-order valence-electron chi connectivity index (χ2n) is 4.89. The molecule has 4 nitrogen and oxygen atoms in total. The second kappa shape index (κ2) is 5.69. The lowest BCUT2D eigenvalue weighted by atomic mass is 10.1. The first-order valence-electron chi connectivity index (χ1n) is 6.74. The lowest BCUT2D eigenvalue weighted by Gasteiger charge is -2.07. The van der Waals surface area contributed by atoms with E-state index in [-0.39, 0.29) is 11.5 Å². The first-order chi connectivity index (χ1) is 10.5. The van der Waals surface area contributed by atoms with Crippen molar-refractivity contribution < 1.29 is 9.53 Å². The maximum absolute atomic E-state index is 12.1. The molecule has 0 saturated heterocycles. The van der Waals surface area contributed by atoms with Crippen molar-refractivity contribution in [1.29, 1.82) is 0 Å². The van der Waals surface area contributed by atoms with Crippen molar-refractivity contribution in [2.45, 2.75) is 13.8 Å². The number of aromatic nitrogens is 1. The summed E-state index contributed by atoms with van der Waals surface area (Å²) < 4.78 is 6.01. The minimum Gasteiger partial charge on any atom is -0.426 e. The Morgan fingerprint density at radius 3 is 2.68 bits per heavy atom. The van der Waals surface area contributed by atoms with E-state index in [4.69, 9.17) is 4.74 Å². The zero-order chi connectivity index (χ0) is 15.7. The van der Waals surface area contributed by atoms with Gasteiger partial charge in [0.05, 0.1) is 5.39 Å². The third-order valence-electron chi connectivity index (χ3n) is 3.20. The molecule has 0 amide bonds. The molecule has 3 rings (SSSR count). The molecule has 0 N–H and O–H groups in total. The summed E-state index contributed by atoms with van der Waals surface area (Å²) in [6, 6.07) is 12.8. The second-order valence-corrected chi connectivity index (χ2v) is 5.92. The average Bonchev–Trinajstić information content (AvgIpc) is 2.49. The predicted molar refractivity (Wildman–Crippen MR) is 87.4 cm³/mol. The van der Waals surface area contributed by atoms with Gasteiger partial charge in [-0.25, -0.2) is 0 Å². The number of fused-ring (bicyclic) bond motifs is 1. The first-order valence-corrected chi connectivity index (χ1v) is 7.55. The smallest absolute Gasteiger partial charge is 0.308 e. The van der Waals surface area contributed by atoms with Crippen molar-refractivity contribution in [2.24, 2.45) is 0 Å². The fraction of sp³-hybridized carbons (Fsp3) is 0.118. The molecular weight excluding hydrogens is 298 g/mol. The summed E-state index contributed by atoms with van der Waals surface area (Å²) in [6.45, 7) is 3.22. The summed E-state index contributed by atoms with van der Waals surface area (Å²) in [5.74, 6) is 0.161. The minimum atomic E-state index is -0.357. The fourth-order valence-corrected chi connectivity index (χ4v) is 3.18. The zero-order valence-electron chi connectivity index (χ0n) is 12.1. The van der Waals surface area contributed by atoms with E-state index in [0.717, 1.165) is 15.8 Å². The Labute approximate surface area is 131 Å². The normalized spacial score (nSPS) is 10.6. The zero-order valence-corrected chi connectivity index (χ0v) is 12.9. The molecule has 0 fully saturated rings. The molecule has 0 aliphatic carbocycles. The van der Waals surface area contributed by atoms with Gasteiger partial charge in [0.25, 0.3) is 5.56 Å². The number of rotatable bonds is 2. The highest BCUT2D eigenvalue weighted by molar-refractivity contribution is 7.21. The van der Waals surface area contributed by atoms with Gasteiger partial charge in [-0.05, 0) is 42.8 Å². The number of carbonyl (C=O) groups is 1. The Morgan fingerprint density at radius 1 is 1.18 bits per heavy atom. The lowest BCUT2D eigenvalue weighted by Crippen LogP contribution is -2.06. The number of hydrogen-bond donors (Lipinski definition) is 0. The molecule has 1 aromatic heterocycles. The number of ether oxygens (including phenoxy) is 1. The topological polar surface area (TPSA) is 56.3 Å². The summed E-state index contributed by atoms with van der Waals surface area (Å²) in [6.07, 6.45) is 0. The Morgan fingerprint density at radius 2 is 1.95 bits per heavy atom. The van der Waals surface area contributed by atoms with Crippen LogP contribution in [0.15, 0.2) is 47.3 Å². The SMILES string of the molecule is CC(=O)Oc1ccc(-c2nc(=O)c3ccccc3s2)cc1C. The van der Waals surface area contributed by atoms with Gasteiger partial charge in [0.15, 0.2) is 0 Å². The molecule has 0 aliphatic rings. The van der Waals surface area contributed by atoms with Crippen LogP contribution in [-0.2, 0) is 4.79 Å². The summed E-state index contributed by atoms with van der Waals surface area (Å²) in [4.78, 5) is 27.3. The molecule has 0 atom stereocenters. The van der Waals surface area contributed by atoms with Crippen LogP contribution in [0, 0.1) is 6.92 Å². The van der Waals surface area contributed by atoms with Crippen LogP contribution in [0.3, 0.4) is 0 Å². The molecule has 110 valence electrons. The van der Waals surface area contributed by atoms with Crippen molar-refractivity contribution in [3.8, 4) is 16.3 Å². The quantitative estimate of drug-likeness (QED) is 0.536. The van der Waals surface area contributed by atoms with Crippen molar-refractivity contribution in [3.63, 3.8) is 0 Å². The highest BCUT2D eigenvalue weighted by Gasteiger charge is 2.09. The Balaban J connectivity index is 2.10. The van der Waals surface area contributed by atoms with E-state index in [1.54, 1.807) is 18.2 Å². The Hall–Kier alpha value is -2.53. The van der Waals surface area contributed by atoms with Crippen molar-refractivity contribution in [3.05, 3.63) is 58.4 Å². The standard InChI is InChI=1S/C17H13NO3S/c1-10-9-12(7-8-14(10)21-11(2)19)17-18-16(20)13-5-3-4-6-15(13)22-17/h3-9H,1-2H3. The minimum absolute atomic E-state index is 0.230. The number of hydrogen-bond acceptors (Lipinski definition) is 5. The van der Waals surface area contributed by atoms with Gasteiger partial charge in [0.1, 0.15) is 10.8 Å². The summed E-state index contributed by atoms with van der Waals surface area (Å²) in [5, 5.41) is 1.28. The molecule has 2 aromatic carbocycles. The lowest BCUT2D eigenvalue weighted by molar-refractivity contribution is -0.131. The van der Waals surface area contributed by atoms with Crippen LogP contribution < -0.4 is 10.3 Å². The first kappa shape index (κ1) is 14.4. The van der Waals surface area contributed by atoms with E-state index in [2.05, 4.69) is 4.98 Å². The van der Waals surface area contributed by atoms with Gasteiger partial charge in [-0.15, -0.1) is 11.3 Å². The van der Waals surface area contributed by atoms with Crippen LogP contribution in [0.2, 0.25) is 0 Å². The van der Waals surface area contributed by atoms with Crippen LogP contribution in [-0.4, -0.2) is 11.0 Å². The highest BCUT2D eigenvalue weighted by atomic mass is 32.1. The molecule has 5 heteroatoms. The van der Waals surface area contributed by atoms with Gasteiger partial charge in [0, 0.05) is 17.2 Å². The highest BCUT2D eigenvalue weighted by Crippen LogP contribution is 2.29. The summed E-state index contributed by atoms with van der Waals surface area (Å²) >= 11 is 1.46. The van der Waals surface area contributed by atoms with Gasteiger partial charge in [-0.1, -0.05) is 12.1 Å². The molecule has 1 heterocycles. The molecule has 22 heavy (non-hydrogen) atoms. The van der Waals surface area contributed by atoms with Gasteiger partial charge < -0.3 is 4.74 Å². The number of esters is 1. The molecule has 0 bridgehead atoms. The van der Waals surface area contributed by atoms with E-state index in [9.17, 15) is 9.59 Å². The Bertz CT molecular complexity index is 931.